The number of hydrogen-bond donors (Lipinski definition) is 2. The number of nitrogens with zero attached hydrogens (tertiary/aromatic N) is 1. The number of methoxy groups -OCH3 is 1. The lowest BCUT2D eigenvalue weighted by atomic mass is 10.3. The molecule has 0 aliphatic heterocycles. The van der Waals surface area contributed by atoms with E-state index >= 15 is 0 Å². The van der Waals surface area contributed by atoms with Crippen molar-refractivity contribution >= 4 is 57.9 Å². The average molecular weight is 394 g/mol. The zero-order chi connectivity index (χ0) is 18.2. The Kier molecular flexibility index (Phi) is 7.54. The molecule has 2 aromatic carbocycles. The third-order valence-corrected chi connectivity index (χ3v) is 5.37. The van der Waals surface area contributed by atoms with E-state index in [1.807, 2.05) is 30.5 Å². The Labute approximate surface area is 160 Å². The SMILES string of the molecule is COC(=O)NC(=Nc1ccc(Sc2cccc(SC)c2)cc1N)SC. The van der Waals surface area contributed by atoms with E-state index in [2.05, 4.69) is 39.5 Å². The molecule has 2 aromatic rings. The highest BCUT2D eigenvalue weighted by atomic mass is 32.2. The van der Waals surface area contributed by atoms with Gasteiger partial charge in [0.15, 0.2) is 5.17 Å². The summed E-state index contributed by atoms with van der Waals surface area (Å²) in [5, 5.41) is 2.97. The van der Waals surface area contributed by atoms with Gasteiger partial charge in [-0.1, -0.05) is 29.6 Å². The van der Waals surface area contributed by atoms with Gasteiger partial charge >= 0.3 is 6.09 Å². The van der Waals surface area contributed by atoms with E-state index in [1.54, 1.807) is 23.5 Å². The van der Waals surface area contributed by atoms with Gasteiger partial charge in [0.1, 0.15) is 0 Å². The molecule has 1 amide bonds. The molecule has 0 aromatic heterocycles. The number of nitrogens with one attached hydrogen (secondary N) is 1. The van der Waals surface area contributed by atoms with Crippen LogP contribution in [0.4, 0.5) is 16.2 Å². The van der Waals surface area contributed by atoms with E-state index < -0.39 is 6.09 Å². The lowest BCUT2D eigenvalue weighted by Crippen LogP contribution is -2.27. The summed E-state index contributed by atoms with van der Waals surface area (Å²) < 4.78 is 4.57. The maximum absolute atomic E-state index is 11.3. The van der Waals surface area contributed by atoms with Crippen LogP contribution >= 0.6 is 35.3 Å². The highest BCUT2D eigenvalue weighted by Crippen LogP contribution is 2.34. The number of alkyl carbamates (subject to hydrolysis) is 1. The molecule has 0 aliphatic rings. The number of amidine groups is 1. The van der Waals surface area contributed by atoms with E-state index in [0.29, 0.717) is 16.5 Å². The number of rotatable bonds is 4. The van der Waals surface area contributed by atoms with Crippen molar-refractivity contribution in [3.8, 4) is 0 Å². The van der Waals surface area contributed by atoms with Crippen LogP contribution in [0, 0.1) is 0 Å². The largest absolute Gasteiger partial charge is 0.453 e. The number of ether oxygens (including phenoxy) is 1. The first-order chi connectivity index (χ1) is 12.0. The van der Waals surface area contributed by atoms with Crippen LogP contribution in [0.5, 0.6) is 0 Å². The summed E-state index contributed by atoms with van der Waals surface area (Å²) in [6.45, 7) is 0. The molecule has 0 spiro atoms. The van der Waals surface area contributed by atoms with Crippen LogP contribution < -0.4 is 11.1 Å². The predicted octanol–water partition coefficient (Wildman–Crippen LogP) is 4.85. The van der Waals surface area contributed by atoms with Gasteiger partial charge in [0.2, 0.25) is 0 Å². The highest BCUT2D eigenvalue weighted by Gasteiger charge is 2.07. The first-order valence-electron chi connectivity index (χ1n) is 7.24. The van der Waals surface area contributed by atoms with Gasteiger partial charge in [-0.2, -0.15) is 0 Å². The first kappa shape index (κ1) is 19.6. The van der Waals surface area contributed by atoms with Crippen molar-refractivity contribution in [2.75, 3.05) is 25.4 Å². The summed E-state index contributed by atoms with van der Waals surface area (Å²) in [5.41, 5.74) is 7.27. The number of anilines is 1. The molecule has 8 heteroatoms. The number of thioether (sulfide) groups is 2. The molecule has 0 saturated heterocycles. The van der Waals surface area contributed by atoms with Gasteiger partial charge in [-0.3, -0.25) is 5.32 Å². The van der Waals surface area contributed by atoms with Crippen molar-refractivity contribution < 1.29 is 9.53 Å². The van der Waals surface area contributed by atoms with Crippen molar-refractivity contribution in [3.05, 3.63) is 42.5 Å². The molecule has 0 unspecified atom stereocenters. The molecule has 0 fully saturated rings. The number of nitrogens with two attached hydrogens (primary N) is 1. The van der Waals surface area contributed by atoms with E-state index in [1.165, 1.54) is 23.8 Å². The van der Waals surface area contributed by atoms with E-state index in [-0.39, 0.29) is 0 Å². The lowest BCUT2D eigenvalue weighted by Gasteiger charge is -2.08. The maximum Gasteiger partial charge on any atom is 0.412 e. The highest BCUT2D eigenvalue weighted by molar-refractivity contribution is 8.13. The fourth-order valence-electron chi connectivity index (χ4n) is 1.87. The van der Waals surface area contributed by atoms with Crippen molar-refractivity contribution in [1.29, 1.82) is 0 Å². The van der Waals surface area contributed by atoms with Crippen LogP contribution in [0.1, 0.15) is 0 Å². The monoisotopic (exact) mass is 393 g/mol. The summed E-state index contributed by atoms with van der Waals surface area (Å²) in [4.78, 5) is 19.1. The summed E-state index contributed by atoms with van der Waals surface area (Å²) in [6.07, 6.45) is 3.31. The van der Waals surface area contributed by atoms with Gasteiger partial charge < -0.3 is 10.5 Å². The number of nitrogen functional groups attached to an aromatic ring is 1. The van der Waals surface area contributed by atoms with Gasteiger partial charge in [-0.25, -0.2) is 9.79 Å². The average Bonchev–Trinajstić information content (AvgIpc) is 2.63. The van der Waals surface area contributed by atoms with Crippen molar-refractivity contribution in [2.45, 2.75) is 14.7 Å². The summed E-state index contributed by atoms with van der Waals surface area (Å²) >= 11 is 4.66. The normalized spacial score (nSPS) is 11.2. The molecule has 132 valence electrons. The smallest absolute Gasteiger partial charge is 0.412 e. The quantitative estimate of drug-likeness (QED) is 0.335. The number of amides is 1. The Bertz CT molecular complexity index is 781. The maximum atomic E-state index is 11.3. The second-order valence-corrected chi connectivity index (χ2v) is 7.56. The minimum Gasteiger partial charge on any atom is -0.453 e. The number of carbonyl (C=O) groups is 1. The second kappa shape index (κ2) is 9.65. The topological polar surface area (TPSA) is 76.7 Å². The van der Waals surface area contributed by atoms with Crippen LogP contribution in [-0.4, -0.2) is 30.9 Å². The molecule has 0 radical (unpaired) electrons. The molecular formula is C17H19N3O2S3. The fourth-order valence-corrected chi connectivity index (χ4v) is 3.71. The van der Waals surface area contributed by atoms with Crippen LogP contribution in [-0.2, 0) is 4.74 Å². The predicted molar refractivity (Wildman–Crippen MR) is 109 cm³/mol. The van der Waals surface area contributed by atoms with Crippen LogP contribution in [0.2, 0.25) is 0 Å². The summed E-state index contributed by atoms with van der Waals surface area (Å²) in [5.74, 6) is 0. The van der Waals surface area contributed by atoms with E-state index in [9.17, 15) is 4.79 Å². The molecule has 5 nitrogen and oxygen atoms in total. The van der Waals surface area contributed by atoms with Crippen LogP contribution in [0.15, 0.2) is 62.1 Å². The van der Waals surface area contributed by atoms with Gasteiger partial charge in [0, 0.05) is 14.7 Å². The molecular weight excluding hydrogens is 374 g/mol. The summed E-state index contributed by atoms with van der Waals surface area (Å²) in [6, 6.07) is 14.0. The van der Waals surface area contributed by atoms with Gasteiger partial charge in [-0.15, -0.1) is 11.8 Å². The number of aliphatic imine (C=N–C) groups is 1. The molecule has 0 saturated carbocycles. The Morgan fingerprint density at radius 1 is 1.12 bits per heavy atom. The molecule has 3 N–H and O–H groups in total. The number of benzene rings is 2. The minimum atomic E-state index is -0.562. The minimum absolute atomic E-state index is 0.423. The zero-order valence-electron chi connectivity index (χ0n) is 14.1. The zero-order valence-corrected chi connectivity index (χ0v) is 16.6. The second-order valence-electron chi connectivity index (χ2n) is 4.74. The number of hydrogen-bond acceptors (Lipinski definition) is 7. The van der Waals surface area contributed by atoms with Crippen LogP contribution in [0.3, 0.4) is 0 Å². The third kappa shape index (κ3) is 5.91. The van der Waals surface area contributed by atoms with E-state index in [0.717, 1.165) is 9.79 Å². The molecule has 0 bridgehead atoms. The van der Waals surface area contributed by atoms with E-state index in [4.69, 9.17) is 5.73 Å². The molecule has 25 heavy (non-hydrogen) atoms. The molecule has 0 heterocycles. The van der Waals surface area contributed by atoms with Crippen molar-refractivity contribution in [1.82, 2.24) is 5.32 Å². The van der Waals surface area contributed by atoms with Crippen LogP contribution in [0.25, 0.3) is 0 Å². The van der Waals surface area contributed by atoms with Crippen molar-refractivity contribution in [2.24, 2.45) is 4.99 Å². The Balaban J connectivity index is 2.17. The first-order valence-corrected chi connectivity index (χ1v) is 10.5. The molecule has 2 rings (SSSR count). The summed E-state index contributed by atoms with van der Waals surface area (Å²) in [7, 11) is 1.31. The third-order valence-electron chi connectivity index (χ3n) is 3.09. The fraction of sp³-hybridized carbons (Fsp3) is 0.176. The van der Waals surface area contributed by atoms with Gasteiger partial charge in [0.05, 0.1) is 18.5 Å². The number of carbonyl (C=O) groups excluding carboxylic acids is 1. The standard InChI is InChI=1S/C17H19N3O2S3/c1-22-17(21)20-16(24-3)19-15-8-7-13(10-14(15)18)25-12-6-4-5-11(9-12)23-2/h4-10H,18H2,1-3H3,(H,19,20,21). The Hall–Kier alpha value is -1.77. The lowest BCUT2D eigenvalue weighted by molar-refractivity contribution is 0.177. The Morgan fingerprint density at radius 2 is 1.84 bits per heavy atom. The molecule has 0 atom stereocenters. The van der Waals surface area contributed by atoms with Gasteiger partial charge in [0.25, 0.3) is 0 Å². The van der Waals surface area contributed by atoms with Gasteiger partial charge in [-0.05, 0) is 48.9 Å². The van der Waals surface area contributed by atoms with Crippen molar-refractivity contribution in [3.63, 3.8) is 0 Å². The molecule has 0 aliphatic carbocycles. The Morgan fingerprint density at radius 3 is 2.48 bits per heavy atom.